The minimum absolute atomic E-state index is 0.0970. The van der Waals surface area contributed by atoms with Gasteiger partial charge in [-0.15, -0.1) is 0 Å². The van der Waals surface area contributed by atoms with Crippen LogP contribution in [0.5, 0.6) is 5.75 Å². The summed E-state index contributed by atoms with van der Waals surface area (Å²) in [5, 5.41) is 7.17. The summed E-state index contributed by atoms with van der Waals surface area (Å²) in [6.07, 6.45) is 5.09. The zero-order valence-electron chi connectivity index (χ0n) is 20.3. The number of hydrogen-bond donors (Lipinski definition) is 2. The van der Waals surface area contributed by atoms with Crippen LogP contribution in [0.4, 0.5) is 17.5 Å². The number of anilines is 3. The highest BCUT2D eigenvalue weighted by Crippen LogP contribution is 2.29. The quantitative estimate of drug-likeness (QED) is 0.478. The van der Waals surface area contributed by atoms with Gasteiger partial charge in [0.1, 0.15) is 5.02 Å². The number of carbonyl (C=O) groups excluding carboxylic acids is 1. The molecule has 35 heavy (non-hydrogen) atoms. The molecule has 0 atom stereocenters. The molecule has 0 spiro atoms. The number of carbonyl (C=O) groups is 1. The van der Waals surface area contributed by atoms with E-state index in [2.05, 4.69) is 25.5 Å². The van der Waals surface area contributed by atoms with Crippen LogP contribution in [0.1, 0.15) is 46.1 Å². The van der Waals surface area contributed by atoms with Crippen molar-refractivity contribution in [3.63, 3.8) is 0 Å². The van der Waals surface area contributed by atoms with Crippen molar-refractivity contribution in [3.8, 4) is 5.75 Å². The number of nitrogens with zero attached hydrogens (tertiary/aromatic N) is 4. The highest BCUT2D eigenvalue weighted by atomic mass is 35.5. The molecule has 2 aromatic heterocycles. The van der Waals surface area contributed by atoms with Crippen LogP contribution in [-0.2, 0) is 4.79 Å². The van der Waals surface area contributed by atoms with Crippen LogP contribution < -0.4 is 25.8 Å². The molecule has 10 heteroatoms. The van der Waals surface area contributed by atoms with E-state index in [1.165, 1.54) is 6.42 Å². The van der Waals surface area contributed by atoms with Crippen molar-refractivity contribution in [1.29, 1.82) is 0 Å². The van der Waals surface area contributed by atoms with Crippen molar-refractivity contribution in [2.75, 3.05) is 36.5 Å². The predicted molar refractivity (Wildman–Crippen MR) is 139 cm³/mol. The van der Waals surface area contributed by atoms with Gasteiger partial charge in [-0.1, -0.05) is 11.6 Å². The van der Waals surface area contributed by atoms with Gasteiger partial charge in [0, 0.05) is 36.7 Å². The summed E-state index contributed by atoms with van der Waals surface area (Å²) in [6, 6.07) is 7.25. The van der Waals surface area contributed by atoms with E-state index in [-0.39, 0.29) is 29.9 Å². The molecule has 2 N–H and O–H groups in total. The number of rotatable bonds is 8. The number of benzene rings is 1. The number of halogens is 1. The number of amides is 1. The van der Waals surface area contributed by atoms with E-state index < -0.39 is 0 Å². The molecule has 0 aliphatic carbocycles. The first-order chi connectivity index (χ1) is 16.9. The molecular weight excluding hydrogens is 468 g/mol. The van der Waals surface area contributed by atoms with Crippen LogP contribution in [0.2, 0.25) is 5.02 Å². The Hall–Kier alpha value is -3.33. The number of aromatic nitrogens is 3. The fourth-order valence-electron chi connectivity index (χ4n) is 4.23. The number of hydrogen-bond acceptors (Lipinski definition) is 7. The molecule has 9 nitrogen and oxygen atoms in total. The first-order valence-electron chi connectivity index (χ1n) is 12.0. The summed E-state index contributed by atoms with van der Waals surface area (Å²) in [5.41, 5.74) is 1.25. The average molecular weight is 499 g/mol. The second kappa shape index (κ2) is 10.9. The Morgan fingerprint density at radius 2 is 1.97 bits per heavy atom. The average Bonchev–Trinajstić information content (AvgIpc) is 2.84. The van der Waals surface area contributed by atoms with E-state index in [0.717, 1.165) is 42.5 Å². The number of likely N-dealkylation sites (N-methyl/N-ethyl adjacent to an activating group) is 1. The molecule has 1 aromatic carbocycles. The normalized spacial score (nSPS) is 13.8. The van der Waals surface area contributed by atoms with Gasteiger partial charge in [0.15, 0.2) is 18.2 Å². The van der Waals surface area contributed by atoms with Crippen LogP contribution in [0, 0.1) is 0 Å². The molecule has 1 fully saturated rings. The minimum Gasteiger partial charge on any atom is -0.478 e. The van der Waals surface area contributed by atoms with Crippen molar-refractivity contribution in [2.24, 2.45) is 0 Å². The molecule has 3 aromatic rings. The molecule has 1 aliphatic rings. The van der Waals surface area contributed by atoms with Gasteiger partial charge in [-0.2, -0.15) is 4.98 Å². The summed E-state index contributed by atoms with van der Waals surface area (Å²) < 4.78 is 7.26. The summed E-state index contributed by atoms with van der Waals surface area (Å²) in [6.45, 7) is 7.84. The maximum Gasteiger partial charge on any atom is 0.293 e. The standard InChI is InChI=1S/C25H31ClN6O3/c1-4-27-22(33)15-35-21-13-17-12-18(8-9-20(17)32(16(2)3)24(21)34)29-23-19(26)14-28-25(30-23)31-10-6-5-7-11-31/h8-9,12-14,16H,4-7,10-11,15H2,1-3H3,(H,27,33)(H,28,29,30). The van der Waals surface area contributed by atoms with Gasteiger partial charge in [-0.05, 0) is 64.3 Å². The van der Waals surface area contributed by atoms with Gasteiger partial charge >= 0.3 is 0 Å². The molecule has 0 unspecified atom stereocenters. The Morgan fingerprint density at radius 3 is 2.69 bits per heavy atom. The SMILES string of the molecule is CCNC(=O)COc1cc2cc(Nc3nc(N4CCCCC4)ncc3Cl)ccc2n(C(C)C)c1=O. The summed E-state index contributed by atoms with van der Waals surface area (Å²) in [4.78, 5) is 36.2. The fourth-order valence-corrected chi connectivity index (χ4v) is 4.37. The topological polar surface area (TPSA) is 101 Å². The Bertz CT molecular complexity index is 1270. The van der Waals surface area contributed by atoms with Crippen LogP contribution in [-0.4, -0.2) is 46.7 Å². The Kier molecular flexibility index (Phi) is 7.75. The van der Waals surface area contributed by atoms with E-state index in [4.69, 9.17) is 16.3 Å². The second-order valence-electron chi connectivity index (χ2n) is 8.83. The third-order valence-electron chi connectivity index (χ3n) is 5.89. The Morgan fingerprint density at radius 1 is 1.20 bits per heavy atom. The Labute approximate surface area is 209 Å². The van der Waals surface area contributed by atoms with Gasteiger partial charge < -0.3 is 24.8 Å². The molecule has 3 heterocycles. The number of pyridine rings is 1. The van der Waals surface area contributed by atoms with Gasteiger partial charge in [-0.25, -0.2) is 4.98 Å². The molecular formula is C25H31ClN6O3. The molecule has 1 amide bonds. The lowest BCUT2D eigenvalue weighted by molar-refractivity contribution is -0.123. The molecule has 4 rings (SSSR count). The van der Waals surface area contributed by atoms with Gasteiger partial charge in [0.2, 0.25) is 5.95 Å². The maximum atomic E-state index is 13.1. The molecule has 0 saturated carbocycles. The highest BCUT2D eigenvalue weighted by Gasteiger charge is 2.17. The van der Waals surface area contributed by atoms with E-state index in [1.54, 1.807) is 16.8 Å². The molecule has 186 valence electrons. The lowest BCUT2D eigenvalue weighted by Crippen LogP contribution is -2.31. The predicted octanol–water partition coefficient (Wildman–Crippen LogP) is 4.27. The van der Waals surface area contributed by atoms with Crippen LogP contribution >= 0.6 is 11.6 Å². The van der Waals surface area contributed by atoms with E-state index >= 15 is 0 Å². The third kappa shape index (κ3) is 5.67. The fraction of sp³-hybridized carbons (Fsp3) is 0.440. The molecule has 1 saturated heterocycles. The number of ether oxygens (including phenoxy) is 1. The molecule has 0 bridgehead atoms. The number of nitrogens with one attached hydrogen (secondary N) is 2. The Balaban J connectivity index is 1.66. The van der Waals surface area contributed by atoms with Crippen LogP contribution in [0.25, 0.3) is 10.9 Å². The number of piperidine rings is 1. The second-order valence-corrected chi connectivity index (χ2v) is 9.24. The van der Waals surface area contributed by atoms with Crippen LogP contribution in [0.15, 0.2) is 35.3 Å². The maximum absolute atomic E-state index is 13.1. The zero-order valence-corrected chi connectivity index (χ0v) is 21.1. The van der Waals surface area contributed by atoms with Crippen molar-refractivity contribution < 1.29 is 9.53 Å². The zero-order chi connectivity index (χ0) is 24.9. The molecule has 0 radical (unpaired) electrons. The first kappa shape index (κ1) is 24.8. The lowest BCUT2D eigenvalue weighted by Gasteiger charge is -2.27. The lowest BCUT2D eigenvalue weighted by atomic mass is 10.1. The van der Waals surface area contributed by atoms with Gasteiger partial charge in [0.25, 0.3) is 11.5 Å². The first-order valence-corrected chi connectivity index (χ1v) is 12.4. The van der Waals surface area contributed by atoms with Gasteiger partial charge in [-0.3, -0.25) is 9.59 Å². The third-order valence-corrected chi connectivity index (χ3v) is 6.16. The minimum atomic E-state index is -0.276. The van der Waals surface area contributed by atoms with Gasteiger partial charge in [0.05, 0.1) is 11.7 Å². The largest absolute Gasteiger partial charge is 0.478 e. The van der Waals surface area contributed by atoms with Crippen molar-refractivity contribution >= 4 is 45.9 Å². The summed E-state index contributed by atoms with van der Waals surface area (Å²) in [5.74, 6) is 1.03. The van der Waals surface area contributed by atoms with E-state index in [1.807, 2.05) is 39.0 Å². The van der Waals surface area contributed by atoms with Crippen molar-refractivity contribution in [2.45, 2.75) is 46.1 Å². The van der Waals surface area contributed by atoms with E-state index in [0.29, 0.717) is 23.3 Å². The van der Waals surface area contributed by atoms with Crippen molar-refractivity contribution in [3.05, 3.63) is 45.8 Å². The number of fused-ring (bicyclic) bond motifs is 1. The smallest absolute Gasteiger partial charge is 0.293 e. The molecule has 1 aliphatic heterocycles. The van der Waals surface area contributed by atoms with E-state index in [9.17, 15) is 9.59 Å². The summed E-state index contributed by atoms with van der Waals surface area (Å²) >= 11 is 6.40. The van der Waals surface area contributed by atoms with Crippen molar-refractivity contribution in [1.82, 2.24) is 19.9 Å². The summed E-state index contributed by atoms with van der Waals surface area (Å²) in [7, 11) is 0. The van der Waals surface area contributed by atoms with Crippen LogP contribution in [0.3, 0.4) is 0 Å². The monoisotopic (exact) mass is 498 g/mol. The highest BCUT2D eigenvalue weighted by molar-refractivity contribution is 6.32.